The first-order chi connectivity index (χ1) is 9.49. The van der Waals surface area contributed by atoms with Crippen molar-refractivity contribution in [2.24, 2.45) is 11.8 Å². The summed E-state index contributed by atoms with van der Waals surface area (Å²) in [6, 6.07) is 0. The highest BCUT2D eigenvalue weighted by atomic mass is 16.5. The van der Waals surface area contributed by atoms with Crippen LogP contribution in [0.25, 0.3) is 0 Å². The number of ketones is 2. The number of Topliss-reactive ketones (excluding diaryl/α,β-unsaturated/α-hetero) is 2. The van der Waals surface area contributed by atoms with Crippen LogP contribution in [0, 0.1) is 11.8 Å². The molecule has 0 aromatic carbocycles. The van der Waals surface area contributed by atoms with Gasteiger partial charge in [0.1, 0.15) is 11.7 Å². The number of esters is 1. The highest BCUT2D eigenvalue weighted by Crippen LogP contribution is 2.21. The van der Waals surface area contributed by atoms with Crippen molar-refractivity contribution in [3.8, 4) is 0 Å². The first kappa shape index (κ1) is 18.8. The molecule has 0 radical (unpaired) electrons. The van der Waals surface area contributed by atoms with Gasteiger partial charge in [0.2, 0.25) is 0 Å². The van der Waals surface area contributed by atoms with Crippen LogP contribution in [0.3, 0.4) is 0 Å². The van der Waals surface area contributed by atoms with E-state index in [1.807, 2.05) is 13.8 Å². The number of carbonyl (C=O) groups excluding carboxylic acids is 3. The molecule has 0 aliphatic rings. The second kappa shape index (κ2) is 10.6. The molecule has 20 heavy (non-hydrogen) atoms. The van der Waals surface area contributed by atoms with E-state index in [9.17, 15) is 14.4 Å². The molecule has 4 heteroatoms. The summed E-state index contributed by atoms with van der Waals surface area (Å²) in [7, 11) is 0. The Morgan fingerprint density at radius 2 is 1.40 bits per heavy atom. The molecule has 4 nitrogen and oxygen atoms in total. The molecule has 0 aromatic rings. The van der Waals surface area contributed by atoms with Gasteiger partial charge in [-0.05, 0) is 26.7 Å². The van der Waals surface area contributed by atoms with Gasteiger partial charge in [-0.2, -0.15) is 0 Å². The van der Waals surface area contributed by atoms with Crippen molar-refractivity contribution in [2.75, 3.05) is 6.61 Å². The van der Waals surface area contributed by atoms with Gasteiger partial charge in [-0.15, -0.1) is 0 Å². The summed E-state index contributed by atoms with van der Waals surface area (Å²) in [5.74, 6) is -2.30. The zero-order chi connectivity index (χ0) is 15.5. The van der Waals surface area contributed by atoms with E-state index in [-0.39, 0.29) is 18.2 Å². The second-order valence-electron chi connectivity index (χ2n) is 5.15. The van der Waals surface area contributed by atoms with Crippen LogP contribution in [-0.4, -0.2) is 24.1 Å². The zero-order valence-corrected chi connectivity index (χ0v) is 13.2. The lowest BCUT2D eigenvalue weighted by molar-refractivity contribution is -0.153. The summed E-state index contributed by atoms with van der Waals surface area (Å²) in [5, 5.41) is 0. The Labute approximate surface area is 122 Å². The maximum atomic E-state index is 12.5. The molecule has 0 fully saturated rings. The van der Waals surface area contributed by atoms with Gasteiger partial charge in [0.25, 0.3) is 0 Å². The van der Waals surface area contributed by atoms with Crippen LogP contribution in [0.15, 0.2) is 0 Å². The fourth-order valence-electron chi connectivity index (χ4n) is 2.22. The number of rotatable bonds is 11. The molecule has 0 rings (SSSR count). The maximum Gasteiger partial charge on any atom is 0.316 e. The first-order valence-electron chi connectivity index (χ1n) is 7.70. The zero-order valence-electron chi connectivity index (χ0n) is 13.2. The molecule has 0 aromatic heterocycles. The molecular weight excluding hydrogens is 256 g/mol. The number of hydrogen-bond acceptors (Lipinski definition) is 4. The minimum Gasteiger partial charge on any atom is -0.465 e. The molecule has 0 saturated heterocycles. The van der Waals surface area contributed by atoms with Crippen molar-refractivity contribution >= 4 is 17.5 Å². The predicted octanol–water partition coefficient (Wildman–Crippen LogP) is 3.32. The van der Waals surface area contributed by atoms with Crippen LogP contribution in [0.2, 0.25) is 0 Å². The van der Waals surface area contributed by atoms with Gasteiger partial charge in [-0.25, -0.2) is 0 Å². The van der Waals surface area contributed by atoms with Gasteiger partial charge in [0, 0.05) is 0 Å². The van der Waals surface area contributed by atoms with Gasteiger partial charge >= 0.3 is 5.97 Å². The lowest BCUT2D eigenvalue weighted by Gasteiger charge is -2.19. The van der Waals surface area contributed by atoms with Crippen molar-refractivity contribution in [1.29, 1.82) is 0 Å². The molecular formula is C16H28O4. The molecule has 0 aliphatic carbocycles. The van der Waals surface area contributed by atoms with Gasteiger partial charge < -0.3 is 4.74 Å². The van der Waals surface area contributed by atoms with Crippen LogP contribution in [0.5, 0.6) is 0 Å². The highest BCUT2D eigenvalue weighted by Gasteiger charge is 2.34. The quantitative estimate of drug-likeness (QED) is 0.431. The maximum absolute atomic E-state index is 12.5. The average Bonchev–Trinajstić information content (AvgIpc) is 2.39. The lowest BCUT2D eigenvalue weighted by atomic mass is 9.84. The van der Waals surface area contributed by atoms with Crippen molar-refractivity contribution in [3.05, 3.63) is 0 Å². The molecule has 0 saturated carbocycles. The van der Waals surface area contributed by atoms with Gasteiger partial charge in [-0.3, -0.25) is 14.4 Å². The Bertz CT molecular complexity index is 322. The van der Waals surface area contributed by atoms with Gasteiger partial charge in [0.05, 0.1) is 12.5 Å². The van der Waals surface area contributed by atoms with Crippen LogP contribution >= 0.6 is 0 Å². The summed E-state index contributed by atoms with van der Waals surface area (Å²) in [5.41, 5.74) is 0. The molecule has 0 spiro atoms. The molecule has 0 aliphatic heterocycles. The summed E-state index contributed by atoms with van der Waals surface area (Å²) in [6.45, 7) is 7.43. The Morgan fingerprint density at radius 3 is 1.80 bits per heavy atom. The third kappa shape index (κ3) is 6.31. The minimum atomic E-state index is -0.777. The molecule has 116 valence electrons. The SMILES string of the molecule is CCCC[C@@H](C(C)=O)C(=O)[C@@H](CCCC)C(=O)OCC. The fraction of sp³-hybridized carbons (Fsp3) is 0.812. The molecule has 0 unspecified atom stereocenters. The van der Waals surface area contributed by atoms with E-state index in [1.54, 1.807) is 6.92 Å². The summed E-state index contributed by atoms with van der Waals surface area (Å²) >= 11 is 0. The molecule has 0 bridgehead atoms. The standard InChI is InChI=1S/C16H28O4/c1-5-8-10-13(12(4)17)15(18)14(11-9-6-2)16(19)20-7-3/h13-14H,5-11H2,1-4H3/t13-,14+/m0/s1. The van der Waals surface area contributed by atoms with E-state index in [2.05, 4.69) is 0 Å². The second-order valence-corrected chi connectivity index (χ2v) is 5.15. The van der Waals surface area contributed by atoms with Crippen LogP contribution < -0.4 is 0 Å². The Balaban J connectivity index is 4.94. The van der Waals surface area contributed by atoms with Crippen molar-refractivity contribution in [3.63, 3.8) is 0 Å². The predicted molar refractivity (Wildman–Crippen MR) is 78.4 cm³/mol. The highest BCUT2D eigenvalue weighted by molar-refractivity contribution is 6.09. The van der Waals surface area contributed by atoms with Crippen molar-refractivity contribution < 1.29 is 19.1 Å². The topological polar surface area (TPSA) is 60.4 Å². The average molecular weight is 284 g/mol. The monoisotopic (exact) mass is 284 g/mol. The Kier molecular flexibility index (Phi) is 9.95. The summed E-state index contributed by atoms with van der Waals surface area (Å²) in [4.78, 5) is 36.1. The largest absolute Gasteiger partial charge is 0.465 e. The van der Waals surface area contributed by atoms with E-state index in [0.717, 1.165) is 25.7 Å². The third-order valence-electron chi connectivity index (χ3n) is 3.44. The van der Waals surface area contributed by atoms with Crippen molar-refractivity contribution in [1.82, 2.24) is 0 Å². The van der Waals surface area contributed by atoms with E-state index in [4.69, 9.17) is 4.74 Å². The van der Waals surface area contributed by atoms with Crippen LogP contribution in [0.4, 0.5) is 0 Å². The molecule has 0 heterocycles. The van der Waals surface area contributed by atoms with Crippen molar-refractivity contribution in [2.45, 2.75) is 66.2 Å². The van der Waals surface area contributed by atoms with Crippen LogP contribution in [0.1, 0.15) is 66.2 Å². The van der Waals surface area contributed by atoms with E-state index in [1.165, 1.54) is 6.92 Å². The minimum absolute atomic E-state index is 0.144. The van der Waals surface area contributed by atoms with E-state index in [0.29, 0.717) is 12.8 Å². The third-order valence-corrected chi connectivity index (χ3v) is 3.44. The van der Waals surface area contributed by atoms with E-state index < -0.39 is 17.8 Å². The Morgan fingerprint density at radius 1 is 0.900 bits per heavy atom. The smallest absolute Gasteiger partial charge is 0.316 e. The summed E-state index contributed by atoms with van der Waals surface area (Å²) in [6.07, 6.45) is 4.45. The Hall–Kier alpha value is -1.19. The van der Waals surface area contributed by atoms with E-state index >= 15 is 0 Å². The summed E-state index contributed by atoms with van der Waals surface area (Å²) < 4.78 is 4.99. The van der Waals surface area contributed by atoms with Crippen LogP contribution in [-0.2, 0) is 19.1 Å². The molecule has 2 atom stereocenters. The molecule has 0 amide bonds. The lowest BCUT2D eigenvalue weighted by Crippen LogP contribution is -2.34. The normalized spacial score (nSPS) is 13.6. The number of ether oxygens (including phenoxy) is 1. The number of carbonyl (C=O) groups is 3. The van der Waals surface area contributed by atoms with Gasteiger partial charge in [0.15, 0.2) is 5.78 Å². The molecule has 0 N–H and O–H groups in total. The first-order valence-corrected chi connectivity index (χ1v) is 7.70. The fourth-order valence-corrected chi connectivity index (χ4v) is 2.22. The number of hydrogen-bond donors (Lipinski definition) is 0. The number of unbranched alkanes of at least 4 members (excludes halogenated alkanes) is 2. The van der Waals surface area contributed by atoms with Gasteiger partial charge in [-0.1, -0.05) is 39.5 Å².